The first-order chi connectivity index (χ1) is 13.0. The Balaban J connectivity index is 0.00000280. The summed E-state index contributed by atoms with van der Waals surface area (Å²) in [6.45, 7) is 3.89. The normalized spacial score (nSPS) is 15.1. The van der Waals surface area contributed by atoms with Crippen LogP contribution in [0.2, 0.25) is 0 Å². The Kier molecular flexibility index (Phi) is 7.98. The molecule has 1 aromatic heterocycles. The van der Waals surface area contributed by atoms with E-state index in [-0.39, 0.29) is 24.0 Å². The summed E-state index contributed by atoms with van der Waals surface area (Å²) in [5, 5.41) is 3.34. The van der Waals surface area contributed by atoms with E-state index < -0.39 is 9.84 Å². The number of hydrogen-bond donors (Lipinski definition) is 1. The highest BCUT2D eigenvalue weighted by atomic mass is 127. The van der Waals surface area contributed by atoms with E-state index in [1.54, 1.807) is 31.6 Å². The Hall–Kier alpha value is -1.95. The van der Waals surface area contributed by atoms with Crippen LogP contribution in [-0.4, -0.2) is 68.7 Å². The van der Waals surface area contributed by atoms with Gasteiger partial charge in [0.05, 0.1) is 4.90 Å². The number of guanidine groups is 1. The van der Waals surface area contributed by atoms with Crippen LogP contribution in [0, 0.1) is 0 Å². The standard InChI is InChI=1S/C18H24N6O2S.HI/c1-19-17(22-14-15-4-6-16(7-5-15)27(2,25)26)23-10-12-24(13-11-23)18-20-8-3-9-21-18;/h3-9H,10-14H2,1-2H3,(H,19,22);1H. The molecule has 3 rings (SSSR count). The van der Waals surface area contributed by atoms with E-state index in [4.69, 9.17) is 0 Å². The van der Waals surface area contributed by atoms with Crippen molar-refractivity contribution in [2.45, 2.75) is 11.4 Å². The zero-order valence-corrected chi connectivity index (χ0v) is 19.1. The van der Waals surface area contributed by atoms with Gasteiger partial charge < -0.3 is 15.1 Å². The molecule has 0 radical (unpaired) electrons. The maximum Gasteiger partial charge on any atom is 0.225 e. The van der Waals surface area contributed by atoms with E-state index in [1.165, 1.54) is 6.26 Å². The monoisotopic (exact) mass is 516 g/mol. The summed E-state index contributed by atoms with van der Waals surface area (Å²) in [5.74, 6) is 1.59. The molecule has 152 valence electrons. The first kappa shape index (κ1) is 22.3. The fourth-order valence-electron chi connectivity index (χ4n) is 2.94. The van der Waals surface area contributed by atoms with Gasteiger partial charge >= 0.3 is 0 Å². The lowest BCUT2D eigenvalue weighted by Crippen LogP contribution is -2.52. The van der Waals surface area contributed by atoms with Crippen molar-refractivity contribution in [3.63, 3.8) is 0 Å². The quantitative estimate of drug-likeness (QED) is 0.373. The molecule has 1 aliphatic heterocycles. The molecule has 0 aliphatic carbocycles. The summed E-state index contributed by atoms with van der Waals surface area (Å²) in [4.78, 5) is 17.7. The predicted molar refractivity (Wildman–Crippen MR) is 121 cm³/mol. The van der Waals surface area contributed by atoms with Gasteiger partial charge in [-0.25, -0.2) is 18.4 Å². The van der Waals surface area contributed by atoms with Crippen molar-refractivity contribution in [2.75, 3.05) is 44.4 Å². The fourth-order valence-corrected chi connectivity index (χ4v) is 3.57. The number of anilines is 1. The summed E-state index contributed by atoms with van der Waals surface area (Å²) in [6.07, 6.45) is 4.72. The summed E-state index contributed by atoms with van der Waals surface area (Å²) in [5.41, 5.74) is 1.000. The number of nitrogens with one attached hydrogen (secondary N) is 1. The van der Waals surface area contributed by atoms with E-state index >= 15 is 0 Å². The van der Waals surface area contributed by atoms with Gasteiger partial charge in [0.2, 0.25) is 5.95 Å². The van der Waals surface area contributed by atoms with Gasteiger partial charge in [-0.1, -0.05) is 12.1 Å². The molecule has 0 atom stereocenters. The molecule has 8 nitrogen and oxygen atoms in total. The molecule has 10 heteroatoms. The third-order valence-corrected chi connectivity index (χ3v) is 5.56. The van der Waals surface area contributed by atoms with Gasteiger partial charge in [-0.3, -0.25) is 4.99 Å². The van der Waals surface area contributed by atoms with Crippen molar-refractivity contribution in [2.24, 2.45) is 4.99 Å². The molecule has 0 unspecified atom stereocenters. The number of aromatic nitrogens is 2. The third-order valence-electron chi connectivity index (χ3n) is 4.43. The topological polar surface area (TPSA) is 90.8 Å². The number of benzene rings is 1. The zero-order valence-electron chi connectivity index (χ0n) is 15.9. The number of halogens is 1. The summed E-state index contributed by atoms with van der Waals surface area (Å²) in [6, 6.07) is 8.72. The van der Waals surface area contributed by atoms with Gasteiger partial charge in [0.15, 0.2) is 15.8 Å². The maximum absolute atomic E-state index is 11.5. The molecule has 0 bridgehead atoms. The molecular formula is C18H25IN6O2S. The minimum atomic E-state index is -3.17. The molecule has 1 saturated heterocycles. The van der Waals surface area contributed by atoms with Crippen molar-refractivity contribution < 1.29 is 8.42 Å². The second-order valence-corrected chi connectivity index (χ2v) is 8.36. The van der Waals surface area contributed by atoms with Gasteiger partial charge in [0, 0.05) is 58.4 Å². The van der Waals surface area contributed by atoms with Crippen LogP contribution < -0.4 is 10.2 Å². The zero-order chi connectivity index (χ0) is 19.3. The maximum atomic E-state index is 11.5. The van der Waals surface area contributed by atoms with Crippen molar-refractivity contribution in [1.29, 1.82) is 0 Å². The number of hydrogen-bond acceptors (Lipinski definition) is 6. The first-order valence-electron chi connectivity index (χ1n) is 8.74. The van der Waals surface area contributed by atoms with E-state index in [2.05, 4.69) is 30.1 Å². The van der Waals surface area contributed by atoms with Crippen LogP contribution >= 0.6 is 24.0 Å². The smallest absolute Gasteiger partial charge is 0.225 e. The number of aliphatic imine (C=N–C) groups is 1. The van der Waals surface area contributed by atoms with Crippen LogP contribution in [0.15, 0.2) is 52.6 Å². The number of piperazine rings is 1. The average Bonchev–Trinajstić information content (AvgIpc) is 2.69. The van der Waals surface area contributed by atoms with Crippen LogP contribution in [0.1, 0.15) is 5.56 Å². The molecule has 1 aliphatic rings. The number of sulfone groups is 1. The van der Waals surface area contributed by atoms with Crippen LogP contribution in [0.5, 0.6) is 0 Å². The van der Waals surface area contributed by atoms with Crippen molar-refractivity contribution >= 4 is 45.7 Å². The van der Waals surface area contributed by atoms with E-state index in [9.17, 15) is 8.42 Å². The summed E-state index contributed by atoms with van der Waals surface area (Å²) >= 11 is 0. The van der Waals surface area contributed by atoms with Gasteiger partial charge in [0.25, 0.3) is 0 Å². The second-order valence-electron chi connectivity index (χ2n) is 6.34. The first-order valence-corrected chi connectivity index (χ1v) is 10.6. The summed E-state index contributed by atoms with van der Waals surface area (Å²) in [7, 11) is -1.40. The Morgan fingerprint density at radius 1 is 1.11 bits per heavy atom. The van der Waals surface area contributed by atoms with E-state index in [0.29, 0.717) is 11.4 Å². The lowest BCUT2D eigenvalue weighted by atomic mass is 10.2. The minimum Gasteiger partial charge on any atom is -0.352 e. The highest BCUT2D eigenvalue weighted by molar-refractivity contribution is 14.0. The average molecular weight is 516 g/mol. The molecular weight excluding hydrogens is 491 g/mol. The van der Waals surface area contributed by atoms with Crippen molar-refractivity contribution in [3.8, 4) is 0 Å². The predicted octanol–water partition coefficient (Wildman–Crippen LogP) is 1.40. The van der Waals surface area contributed by atoms with Gasteiger partial charge in [0.1, 0.15) is 0 Å². The van der Waals surface area contributed by atoms with Crippen molar-refractivity contribution in [1.82, 2.24) is 20.2 Å². The van der Waals surface area contributed by atoms with Gasteiger partial charge in [-0.2, -0.15) is 0 Å². The molecule has 0 spiro atoms. The summed E-state index contributed by atoms with van der Waals surface area (Å²) < 4.78 is 23.1. The second kappa shape index (κ2) is 10.0. The molecule has 2 heterocycles. The van der Waals surface area contributed by atoms with Crippen LogP contribution in [0.25, 0.3) is 0 Å². The highest BCUT2D eigenvalue weighted by Gasteiger charge is 2.21. The minimum absolute atomic E-state index is 0. The van der Waals surface area contributed by atoms with Crippen molar-refractivity contribution in [3.05, 3.63) is 48.3 Å². The highest BCUT2D eigenvalue weighted by Crippen LogP contribution is 2.12. The number of nitrogens with zero attached hydrogens (tertiary/aromatic N) is 5. The van der Waals surface area contributed by atoms with Gasteiger partial charge in [-0.15, -0.1) is 24.0 Å². The van der Waals surface area contributed by atoms with Crippen LogP contribution in [0.3, 0.4) is 0 Å². The Morgan fingerprint density at radius 2 is 1.71 bits per heavy atom. The van der Waals surface area contributed by atoms with Crippen LogP contribution in [0.4, 0.5) is 5.95 Å². The molecule has 28 heavy (non-hydrogen) atoms. The van der Waals surface area contributed by atoms with E-state index in [1.807, 2.05) is 18.2 Å². The Morgan fingerprint density at radius 3 is 2.25 bits per heavy atom. The van der Waals surface area contributed by atoms with E-state index in [0.717, 1.165) is 43.7 Å². The molecule has 0 amide bonds. The Bertz CT molecular complexity index is 882. The molecule has 1 fully saturated rings. The van der Waals surface area contributed by atoms with Gasteiger partial charge in [-0.05, 0) is 23.8 Å². The lowest BCUT2D eigenvalue weighted by molar-refractivity contribution is 0.370. The lowest BCUT2D eigenvalue weighted by Gasteiger charge is -2.36. The molecule has 2 aromatic rings. The SMILES string of the molecule is CN=C(NCc1ccc(S(C)(=O)=O)cc1)N1CCN(c2ncccn2)CC1.I. The molecule has 1 N–H and O–H groups in total. The molecule has 0 saturated carbocycles. The number of rotatable bonds is 4. The third kappa shape index (κ3) is 5.77. The van der Waals surface area contributed by atoms with Crippen LogP contribution in [-0.2, 0) is 16.4 Å². The largest absolute Gasteiger partial charge is 0.352 e. The Labute approximate surface area is 183 Å². The fraction of sp³-hybridized carbons (Fsp3) is 0.389. The molecule has 1 aromatic carbocycles.